The number of nitrogens with one attached hydrogen (secondary N) is 1. The molecule has 184 valence electrons. The maximum absolute atomic E-state index is 13.0. The molecule has 36 heavy (non-hydrogen) atoms. The van der Waals surface area contributed by atoms with Gasteiger partial charge in [-0.25, -0.2) is 0 Å². The molecule has 3 aromatic carbocycles. The summed E-state index contributed by atoms with van der Waals surface area (Å²) in [5, 5.41) is 16.4. The van der Waals surface area contributed by atoms with Crippen LogP contribution in [0.3, 0.4) is 0 Å². The van der Waals surface area contributed by atoms with E-state index in [9.17, 15) is 19.5 Å². The number of hydrogen-bond acceptors (Lipinski definition) is 5. The Labute approximate surface area is 209 Å². The van der Waals surface area contributed by atoms with Crippen LogP contribution >= 0.6 is 0 Å². The van der Waals surface area contributed by atoms with Gasteiger partial charge in [-0.05, 0) is 52.8 Å². The highest BCUT2D eigenvalue weighted by Crippen LogP contribution is 2.37. The first-order valence-electron chi connectivity index (χ1n) is 12.6. The molecule has 3 aliphatic rings. The SMILES string of the molecule is O=C1CCC(N2Cc3cc(C4(O)CCN(Cc5cccc6ccccc56)CC4)ccc3C2=O)C(=O)N1. The average molecular weight is 484 g/mol. The van der Waals surface area contributed by atoms with Crippen molar-refractivity contribution in [3.05, 3.63) is 82.9 Å². The third kappa shape index (κ3) is 3.98. The second-order valence-corrected chi connectivity index (χ2v) is 10.2. The molecule has 2 N–H and O–H groups in total. The van der Waals surface area contributed by atoms with E-state index in [1.165, 1.54) is 16.3 Å². The fraction of sp³-hybridized carbons (Fsp3) is 0.345. The van der Waals surface area contributed by atoms with Crippen molar-refractivity contribution in [1.29, 1.82) is 0 Å². The third-order valence-corrected chi connectivity index (χ3v) is 8.02. The summed E-state index contributed by atoms with van der Waals surface area (Å²) < 4.78 is 0. The first-order valence-corrected chi connectivity index (χ1v) is 12.6. The van der Waals surface area contributed by atoms with Crippen molar-refractivity contribution in [3.63, 3.8) is 0 Å². The van der Waals surface area contributed by atoms with Crippen LogP contribution in [0.25, 0.3) is 10.8 Å². The van der Waals surface area contributed by atoms with Gasteiger partial charge in [-0.15, -0.1) is 0 Å². The Morgan fingerprint density at radius 1 is 0.972 bits per heavy atom. The number of imide groups is 1. The van der Waals surface area contributed by atoms with Crippen molar-refractivity contribution < 1.29 is 19.5 Å². The van der Waals surface area contributed by atoms with Crippen molar-refractivity contribution in [2.24, 2.45) is 0 Å². The summed E-state index contributed by atoms with van der Waals surface area (Å²) in [6, 6.07) is 19.8. The number of fused-ring (bicyclic) bond motifs is 2. The molecule has 3 aliphatic heterocycles. The summed E-state index contributed by atoms with van der Waals surface area (Å²) in [5.41, 5.74) is 2.57. The van der Waals surface area contributed by atoms with Crippen LogP contribution in [-0.4, -0.2) is 51.8 Å². The van der Waals surface area contributed by atoms with E-state index in [1.807, 2.05) is 12.1 Å². The van der Waals surface area contributed by atoms with Crippen LogP contribution in [0.1, 0.15) is 52.7 Å². The van der Waals surface area contributed by atoms with Crippen molar-refractivity contribution in [2.45, 2.75) is 50.4 Å². The monoisotopic (exact) mass is 483 g/mol. The van der Waals surface area contributed by atoms with E-state index in [1.54, 1.807) is 11.0 Å². The van der Waals surface area contributed by atoms with Gasteiger partial charge in [0, 0.05) is 38.2 Å². The topological polar surface area (TPSA) is 90.0 Å². The summed E-state index contributed by atoms with van der Waals surface area (Å²) in [6.07, 6.45) is 1.80. The standard InChI is InChI=1S/C29H29N3O4/c33-26-11-10-25(27(34)30-26)32-18-21-16-22(8-9-24(21)28(32)35)29(36)12-14-31(15-13-29)17-20-6-3-5-19-4-1-2-7-23(19)20/h1-9,16,25,36H,10-15,17-18H2,(H,30,33,34). The number of carbonyl (C=O) groups excluding carboxylic acids is 3. The van der Waals surface area contributed by atoms with E-state index in [4.69, 9.17) is 0 Å². The predicted molar refractivity (Wildman–Crippen MR) is 135 cm³/mol. The highest BCUT2D eigenvalue weighted by Gasteiger charge is 2.40. The first kappa shape index (κ1) is 22.9. The molecule has 0 aliphatic carbocycles. The fourth-order valence-corrected chi connectivity index (χ4v) is 5.90. The van der Waals surface area contributed by atoms with Gasteiger partial charge in [0.05, 0.1) is 5.60 Å². The lowest BCUT2D eigenvalue weighted by Gasteiger charge is -2.39. The molecule has 3 heterocycles. The maximum Gasteiger partial charge on any atom is 0.255 e. The molecule has 2 saturated heterocycles. The first-order chi connectivity index (χ1) is 17.4. The van der Waals surface area contributed by atoms with Crippen LogP contribution in [-0.2, 0) is 28.3 Å². The Morgan fingerprint density at radius 3 is 2.56 bits per heavy atom. The third-order valence-electron chi connectivity index (χ3n) is 8.02. The highest BCUT2D eigenvalue weighted by molar-refractivity contribution is 6.05. The second-order valence-electron chi connectivity index (χ2n) is 10.2. The van der Waals surface area contributed by atoms with Crippen LogP contribution in [0, 0.1) is 0 Å². The lowest BCUT2D eigenvalue weighted by Crippen LogP contribution is -2.52. The van der Waals surface area contributed by atoms with Gasteiger partial charge in [-0.3, -0.25) is 24.6 Å². The molecule has 0 bridgehead atoms. The van der Waals surface area contributed by atoms with Crippen LogP contribution in [0.4, 0.5) is 0 Å². The number of benzene rings is 3. The van der Waals surface area contributed by atoms with Crippen molar-refractivity contribution in [1.82, 2.24) is 15.1 Å². The smallest absolute Gasteiger partial charge is 0.255 e. The molecule has 3 aromatic rings. The molecule has 0 aromatic heterocycles. The van der Waals surface area contributed by atoms with E-state index >= 15 is 0 Å². The molecule has 3 amide bonds. The summed E-state index contributed by atoms with van der Waals surface area (Å²) in [6.45, 7) is 2.71. The molecule has 0 saturated carbocycles. The summed E-state index contributed by atoms with van der Waals surface area (Å²) in [4.78, 5) is 40.8. The van der Waals surface area contributed by atoms with Crippen LogP contribution < -0.4 is 5.32 Å². The number of nitrogens with zero attached hydrogens (tertiary/aromatic N) is 2. The van der Waals surface area contributed by atoms with Gasteiger partial charge in [0.15, 0.2) is 0 Å². The number of hydrogen-bond donors (Lipinski definition) is 2. The Kier molecular flexibility index (Phi) is 5.62. The minimum absolute atomic E-state index is 0.192. The molecular formula is C29H29N3O4. The van der Waals surface area contributed by atoms with E-state index in [0.29, 0.717) is 31.4 Å². The number of amides is 3. The highest BCUT2D eigenvalue weighted by atomic mass is 16.3. The maximum atomic E-state index is 13.0. The molecule has 7 nitrogen and oxygen atoms in total. The average Bonchev–Trinajstić information content (AvgIpc) is 3.21. The van der Waals surface area contributed by atoms with Crippen LogP contribution in [0.5, 0.6) is 0 Å². The predicted octanol–water partition coefficient (Wildman–Crippen LogP) is 3.08. The molecular weight excluding hydrogens is 454 g/mol. The quantitative estimate of drug-likeness (QED) is 0.557. The Hall–Kier alpha value is -3.55. The second kappa shape index (κ2) is 8.84. The van der Waals surface area contributed by atoms with Gasteiger partial charge >= 0.3 is 0 Å². The Bertz CT molecular complexity index is 1370. The zero-order valence-electron chi connectivity index (χ0n) is 20.1. The molecule has 1 atom stereocenters. The molecule has 2 fully saturated rings. The minimum Gasteiger partial charge on any atom is -0.385 e. The number of likely N-dealkylation sites (tertiary alicyclic amines) is 1. The molecule has 0 spiro atoms. The molecule has 6 rings (SSSR count). The van der Waals surface area contributed by atoms with Gasteiger partial charge in [0.1, 0.15) is 6.04 Å². The van der Waals surface area contributed by atoms with E-state index in [2.05, 4.69) is 52.7 Å². The molecule has 1 unspecified atom stereocenters. The number of rotatable bonds is 4. The van der Waals surface area contributed by atoms with E-state index < -0.39 is 17.6 Å². The molecule has 7 heteroatoms. The van der Waals surface area contributed by atoms with Crippen molar-refractivity contribution in [3.8, 4) is 0 Å². The normalized spacial score (nSPS) is 22.1. The Balaban J connectivity index is 1.15. The van der Waals surface area contributed by atoms with E-state index in [0.717, 1.165) is 30.8 Å². The van der Waals surface area contributed by atoms with Crippen LogP contribution in [0.15, 0.2) is 60.7 Å². The minimum atomic E-state index is -0.949. The zero-order chi connectivity index (χ0) is 24.9. The summed E-state index contributed by atoms with van der Waals surface area (Å²) >= 11 is 0. The summed E-state index contributed by atoms with van der Waals surface area (Å²) in [5.74, 6) is -0.899. The zero-order valence-corrected chi connectivity index (χ0v) is 20.1. The summed E-state index contributed by atoms with van der Waals surface area (Å²) in [7, 11) is 0. The van der Waals surface area contributed by atoms with Gasteiger partial charge in [0.2, 0.25) is 11.8 Å². The van der Waals surface area contributed by atoms with E-state index in [-0.39, 0.29) is 18.2 Å². The lowest BCUT2D eigenvalue weighted by molar-refractivity contribution is -0.136. The van der Waals surface area contributed by atoms with Gasteiger partial charge in [-0.2, -0.15) is 0 Å². The molecule has 0 radical (unpaired) electrons. The van der Waals surface area contributed by atoms with Gasteiger partial charge in [-0.1, -0.05) is 54.6 Å². The number of aliphatic hydroxyl groups is 1. The van der Waals surface area contributed by atoms with Gasteiger partial charge < -0.3 is 10.0 Å². The van der Waals surface area contributed by atoms with Crippen molar-refractivity contribution in [2.75, 3.05) is 13.1 Å². The largest absolute Gasteiger partial charge is 0.385 e. The Morgan fingerprint density at radius 2 is 1.75 bits per heavy atom. The lowest BCUT2D eigenvalue weighted by atomic mass is 9.83. The van der Waals surface area contributed by atoms with Crippen LogP contribution in [0.2, 0.25) is 0 Å². The number of piperidine rings is 2. The fourth-order valence-electron chi connectivity index (χ4n) is 5.90. The van der Waals surface area contributed by atoms with Gasteiger partial charge in [0.25, 0.3) is 5.91 Å². The number of carbonyl (C=O) groups is 3. The van der Waals surface area contributed by atoms with Crippen molar-refractivity contribution >= 4 is 28.5 Å².